The van der Waals surface area contributed by atoms with Gasteiger partial charge in [-0.2, -0.15) is 0 Å². The Morgan fingerprint density at radius 3 is 2.67 bits per heavy atom. The van der Waals surface area contributed by atoms with Crippen LogP contribution in [0.15, 0.2) is 18.2 Å². The summed E-state index contributed by atoms with van der Waals surface area (Å²) in [6.45, 7) is 2.50. The number of ether oxygens (including phenoxy) is 3. The van der Waals surface area contributed by atoms with Gasteiger partial charge in [-0.25, -0.2) is 0 Å². The monoisotopic (exact) mass is 212 g/mol. The summed E-state index contributed by atoms with van der Waals surface area (Å²) in [7, 11) is 1.54. The Balaban J connectivity index is 2.92. The SMILES string of the molecule is CCOc1cccc(CO)c1OCOC. The molecule has 0 unspecified atom stereocenters. The van der Waals surface area contributed by atoms with E-state index in [1.807, 2.05) is 13.0 Å². The lowest BCUT2D eigenvalue weighted by Crippen LogP contribution is -2.04. The molecule has 4 nitrogen and oxygen atoms in total. The van der Waals surface area contributed by atoms with Crippen molar-refractivity contribution in [2.45, 2.75) is 13.5 Å². The Morgan fingerprint density at radius 1 is 1.27 bits per heavy atom. The minimum absolute atomic E-state index is 0.0834. The van der Waals surface area contributed by atoms with Gasteiger partial charge in [0, 0.05) is 12.7 Å². The third kappa shape index (κ3) is 3.11. The standard InChI is InChI=1S/C11H16O4/c1-3-14-10-6-4-5-9(7-12)11(10)15-8-13-2/h4-6,12H,3,7-8H2,1-2H3. The number of hydrogen-bond acceptors (Lipinski definition) is 4. The molecule has 0 fully saturated rings. The number of rotatable bonds is 6. The van der Waals surface area contributed by atoms with Gasteiger partial charge in [-0.1, -0.05) is 12.1 Å². The van der Waals surface area contributed by atoms with Crippen molar-refractivity contribution in [1.29, 1.82) is 0 Å². The number of aliphatic hydroxyl groups is 1. The average Bonchev–Trinajstić information content (AvgIpc) is 2.27. The third-order valence-electron chi connectivity index (χ3n) is 1.85. The van der Waals surface area contributed by atoms with E-state index >= 15 is 0 Å². The maximum absolute atomic E-state index is 9.13. The van der Waals surface area contributed by atoms with E-state index in [0.29, 0.717) is 23.7 Å². The summed E-state index contributed by atoms with van der Waals surface area (Å²) in [6.07, 6.45) is 0. The van der Waals surface area contributed by atoms with Gasteiger partial charge in [0.15, 0.2) is 18.3 Å². The van der Waals surface area contributed by atoms with Gasteiger partial charge < -0.3 is 19.3 Å². The molecular weight excluding hydrogens is 196 g/mol. The highest BCUT2D eigenvalue weighted by atomic mass is 16.7. The van der Waals surface area contributed by atoms with Crippen LogP contribution in [0.25, 0.3) is 0 Å². The Bertz CT molecular complexity index is 299. The smallest absolute Gasteiger partial charge is 0.188 e. The van der Waals surface area contributed by atoms with Gasteiger partial charge >= 0.3 is 0 Å². The van der Waals surface area contributed by atoms with Crippen LogP contribution in [0, 0.1) is 0 Å². The summed E-state index contributed by atoms with van der Waals surface area (Å²) < 4.78 is 15.6. The molecule has 84 valence electrons. The van der Waals surface area contributed by atoms with Gasteiger partial charge in [0.2, 0.25) is 0 Å². The summed E-state index contributed by atoms with van der Waals surface area (Å²) in [4.78, 5) is 0. The molecule has 1 rings (SSSR count). The molecule has 1 N–H and O–H groups in total. The summed E-state index contributed by atoms with van der Waals surface area (Å²) in [5.41, 5.74) is 0.693. The van der Waals surface area contributed by atoms with Crippen molar-refractivity contribution in [3.05, 3.63) is 23.8 Å². The highest BCUT2D eigenvalue weighted by molar-refractivity contribution is 5.46. The van der Waals surface area contributed by atoms with Crippen LogP contribution in [0.4, 0.5) is 0 Å². The molecule has 0 aromatic heterocycles. The van der Waals surface area contributed by atoms with E-state index in [0.717, 1.165) is 0 Å². The highest BCUT2D eigenvalue weighted by Crippen LogP contribution is 2.31. The number of methoxy groups -OCH3 is 1. The number of benzene rings is 1. The fourth-order valence-electron chi connectivity index (χ4n) is 1.24. The first-order chi connectivity index (χ1) is 7.33. The number of para-hydroxylation sites is 1. The Labute approximate surface area is 89.4 Å². The molecule has 0 saturated heterocycles. The molecule has 0 radical (unpaired) electrons. The highest BCUT2D eigenvalue weighted by Gasteiger charge is 2.09. The molecular formula is C11H16O4. The van der Waals surface area contributed by atoms with E-state index in [1.54, 1.807) is 19.2 Å². The van der Waals surface area contributed by atoms with Gasteiger partial charge in [-0.05, 0) is 13.0 Å². The van der Waals surface area contributed by atoms with E-state index in [9.17, 15) is 0 Å². The summed E-state index contributed by atoms with van der Waals surface area (Å²) in [5, 5.41) is 9.13. The fraction of sp³-hybridized carbons (Fsp3) is 0.455. The maximum atomic E-state index is 9.13. The topological polar surface area (TPSA) is 47.9 Å². The van der Waals surface area contributed by atoms with Crippen molar-refractivity contribution in [3.63, 3.8) is 0 Å². The lowest BCUT2D eigenvalue weighted by Gasteiger charge is -2.14. The number of aliphatic hydroxyl groups excluding tert-OH is 1. The van der Waals surface area contributed by atoms with E-state index in [2.05, 4.69) is 0 Å². The molecule has 1 aromatic carbocycles. The van der Waals surface area contributed by atoms with E-state index in [1.165, 1.54) is 0 Å². The Hall–Kier alpha value is -1.26. The van der Waals surface area contributed by atoms with Gasteiger partial charge in [-0.15, -0.1) is 0 Å². The van der Waals surface area contributed by atoms with Crippen molar-refractivity contribution >= 4 is 0 Å². The van der Waals surface area contributed by atoms with E-state index in [4.69, 9.17) is 19.3 Å². The van der Waals surface area contributed by atoms with Gasteiger partial charge in [0.05, 0.1) is 13.2 Å². The Morgan fingerprint density at radius 2 is 2.07 bits per heavy atom. The van der Waals surface area contributed by atoms with Crippen molar-refractivity contribution in [1.82, 2.24) is 0 Å². The molecule has 0 aliphatic carbocycles. The summed E-state index contributed by atoms with van der Waals surface area (Å²) in [5.74, 6) is 1.17. The Kier molecular flexibility index (Phi) is 4.93. The fourth-order valence-corrected chi connectivity index (χ4v) is 1.24. The lowest BCUT2D eigenvalue weighted by atomic mass is 10.2. The van der Waals surface area contributed by atoms with Crippen LogP contribution in [0.3, 0.4) is 0 Å². The molecule has 0 bridgehead atoms. The minimum Gasteiger partial charge on any atom is -0.490 e. The molecule has 0 heterocycles. The number of hydrogen-bond donors (Lipinski definition) is 1. The maximum Gasteiger partial charge on any atom is 0.188 e. The largest absolute Gasteiger partial charge is 0.490 e. The van der Waals surface area contributed by atoms with E-state index in [-0.39, 0.29) is 13.4 Å². The average molecular weight is 212 g/mol. The zero-order valence-corrected chi connectivity index (χ0v) is 9.03. The second-order valence-corrected chi connectivity index (χ2v) is 2.89. The molecule has 0 spiro atoms. The van der Waals surface area contributed by atoms with Crippen LogP contribution >= 0.6 is 0 Å². The van der Waals surface area contributed by atoms with Crippen LogP contribution in [0.1, 0.15) is 12.5 Å². The van der Waals surface area contributed by atoms with Gasteiger partial charge in [-0.3, -0.25) is 0 Å². The first kappa shape index (κ1) is 11.8. The molecule has 0 amide bonds. The molecule has 0 aliphatic rings. The zero-order chi connectivity index (χ0) is 11.1. The molecule has 0 aliphatic heterocycles. The van der Waals surface area contributed by atoms with Gasteiger partial charge in [0.25, 0.3) is 0 Å². The molecule has 1 aromatic rings. The van der Waals surface area contributed by atoms with E-state index < -0.39 is 0 Å². The minimum atomic E-state index is -0.0834. The second kappa shape index (κ2) is 6.27. The third-order valence-corrected chi connectivity index (χ3v) is 1.85. The van der Waals surface area contributed by atoms with Crippen LogP contribution in [-0.2, 0) is 11.3 Å². The molecule has 4 heteroatoms. The summed E-state index contributed by atoms with van der Waals surface area (Å²) >= 11 is 0. The summed E-state index contributed by atoms with van der Waals surface area (Å²) in [6, 6.07) is 5.40. The lowest BCUT2D eigenvalue weighted by molar-refractivity contribution is 0.0470. The van der Waals surface area contributed by atoms with Crippen LogP contribution < -0.4 is 9.47 Å². The van der Waals surface area contributed by atoms with Crippen molar-refractivity contribution in [3.8, 4) is 11.5 Å². The quantitative estimate of drug-likeness (QED) is 0.727. The van der Waals surface area contributed by atoms with Crippen molar-refractivity contribution in [2.75, 3.05) is 20.5 Å². The van der Waals surface area contributed by atoms with Crippen LogP contribution in [-0.4, -0.2) is 25.6 Å². The molecule has 0 atom stereocenters. The first-order valence-electron chi connectivity index (χ1n) is 4.80. The van der Waals surface area contributed by atoms with Gasteiger partial charge in [0.1, 0.15) is 0 Å². The van der Waals surface area contributed by atoms with Crippen LogP contribution in [0.5, 0.6) is 11.5 Å². The first-order valence-corrected chi connectivity index (χ1v) is 4.80. The van der Waals surface area contributed by atoms with Crippen LogP contribution in [0.2, 0.25) is 0 Å². The second-order valence-electron chi connectivity index (χ2n) is 2.89. The predicted molar refractivity (Wildman–Crippen MR) is 56.0 cm³/mol. The normalized spacial score (nSPS) is 10.1. The molecule has 15 heavy (non-hydrogen) atoms. The predicted octanol–water partition coefficient (Wildman–Crippen LogP) is 1.56. The zero-order valence-electron chi connectivity index (χ0n) is 9.03. The molecule has 0 saturated carbocycles. The van der Waals surface area contributed by atoms with Crippen molar-refractivity contribution < 1.29 is 19.3 Å². The van der Waals surface area contributed by atoms with Crippen molar-refractivity contribution in [2.24, 2.45) is 0 Å².